The van der Waals surface area contributed by atoms with Gasteiger partial charge in [0.25, 0.3) is 5.69 Å². The van der Waals surface area contributed by atoms with E-state index in [-0.39, 0.29) is 6.61 Å². The summed E-state index contributed by atoms with van der Waals surface area (Å²) in [5.74, 6) is -0.432. The van der Waals surface area contributed by atoms with Gasteiger partial charge < -0.3 is 4.74 Å². The van der Waals surface area contributed by atoms with E-state index >= 15 is 0 Å². The molecule has 22 heavy (non-hydrogen) atoms. The Bertz CT molecular complexity index is 681. The Morgan fingerprint density at radius 2 is 1.77 bits per heavy atom. The predicted octanol–water partition coefficient (Wildman–Crippen LogP) is 4.50. The quantitative estimate of drug-likeness (QED) is 0.617. The number of benzene rings is 2. The topological polar surface area (TPSA) is 52.4 Å². The molecular formula is C15H12F3NO3. The second kappa shape index (κ2) is 6.05. The fourth-order valence-electron chi connectivity index (χ4n) is 1.82. The van der Waals surface area contributed by atoms with Gasteiger partial charge >= 0.3 is 6.18 Å². The average Bonchev–Trinajstić information content (AvgIpc) is 2.45. The van der Waals surface area contributed by atoms with Crippen LogP contribution in [0.1, 0.15) is 16.7 Å². The molecule has 0 aliphatic heterocycles. The molecule has 0 heterocycles. The number of alkyl halides is 3. The van der Waals surface area contributed by atoms with Gasteiger partial charge in [0, 0.05) is 12.1 Å². The third-order valence-corrected chi connectivity index (χ3v) is 2.99. The summed E-state index contributed by atoms with van der Waals surface area (Å²) in [6.45, 7) is 1.84. The van der Waals surface area contributed by atoms with Crippen molar-refractivity contribution >= 4 is 5.69 Å². The van der Waals surface area contributed by atoms with E-state index < -0.39 is 28.1 Å². The van der Waals surface area contributed by atoms with Crippen molar-refractivity contribution < 1.29 is 22.8 Å². The van der Waals surface area contributed by atoms with E-state index in [1.807, 2.05) is 19.1 Å². The zero-order valence-corrected chi connectivity index (χ0v) is 11.6. The number of rotatable bonds is 4. The molecule has 0 saturated heterocycles. The molecule has 2 aromatic carbocycles. The number of nitro benzene ring substituents is 1. The normalized spacial score (nSPS) is 11.3. The van der Waals surface area contributed by atoms with Crippen LogP contribution in [-0.2, 0) is 12.8 Å². The molecule has 7 heteroatoms. The number of ether oxygens (including phenoxy) is 1. The van der Waals surface area contributed by atoms with Crippen LogP contribution in [0.5, 0.6) is 5.75 Å². The van der Waals surface area contributed by atoms with Crippen molar-refractivity contribution in [2.45, 2.75) is 19.7 Å². The minimum absolute atomic E-state index is 0.0544. The lowest BCUT2D eigenvalue weighted by molar-refractivity contribution is -0.385. The van der Waals surface area contributed by atoms with Gasteiger partial charge in [-0.05, 0) is 18.6 Å². The van der Waals surface area contributed by atoms with Gasteiger partial charge in [0.1, 0.15) is 17.9 Å². The smallest absolute Gasteiger partial charge is 0.420 e. The summed E-state index contributed by atoms with van der Waals surface area (Å²) in [6.07, 6.45) is -4.73. The third-order valence-electron chi connectivity index (χ3n) is 2.99. The monoisotopic (exact) mass is 311 g/mol. The van der Waals surface area contributed by atoms with E-state index in [2.05, 4.69) is 0 Å². The van der Waals surface area contributed by atoms with Gasteiger partial charge in [-0.1, -0.05) is 29.8 Å². The van der Waals surface area contributed by atoms with E-state index in [0.717, 1.165) is 17.7 Å². The van der Waals surface area contributed by atoms with Crippen LogP contribution in [0.2, 0.25) is 0 Å². The first-order valence-electron chi connectivity index (χ1n) is 6.31. The summed E-state index contributed by atoms with van der Waals surface area (Å²) in [6, 6.07) is 9.56. The molecule has 0 aliphatic rings. The van der Waals surface area contributed by atoms with Crippen LogP contribution < -0.4 is 4.74 Å². The van der Waals surface area contributed by atoms with Crippen LogP contribution in [0.4, 0.5) is 18.9 Å². The average molecular weight is 311 g/mol. The second-order valence-corrected chi connectivity index (χ2v) is 4.71. The van der Waals surface area contributed by atoms with Crippen molar-refractivity contribution in [2.75, 3.05) is 0 Å². The van der Waals surface area contributed by atoms with Crippen molar-refractivity contribution in [3.05, 3.63) is 69.3 Å². The summed E-state index contributed by atoms with van der Waals surface area (Å²) in [7, 11) is 0. The van der Waals surface area contributed by atoms with Crippen molar-refractivity contribution in [1.82, 2.24) is 0 Å². The second-order valence-electron chi connectivity index (χ2n) is 4.71. The van der Waals surface area contributed by atoms with Crippen LogP contribution in [0.3, 0.4) is 0 Å². The molecule has 0 radical (unpaired) electrons. The minimum Gasteiger partial charge on any atom is -0.488 e. The molecule has 0 N–H and O–H groups in total. The van der Waals surface area contributed by atoms with Crippen molar-refractivity contribution in [2.24, 2.45) is 0 Å². The third kappa shape index (κ3) is 3.75. The highest BCUT2D eigenvalue weighted by atomic mass is 19.4. The first-order chi connectivity index (χ1) is 10.3. The number of nitrogens with zero attached hydrogens (tertiary/aromatic N) is 1. The standard InChI is InChI=1S/C15H12F3NO3/c1-10-2-4-11(5-3-10)9-22-14-7-6-12(19(20)21)8-13(14)15(16,17)18/h2-8H,9H2,1H3. The molecule has 0 bridgehead atoms. The molecular weight excluding hydrogens is 299 g/mol. The van der Waals surface area contributed by atoms with Crippen LogP contribution in [0.15, 0.2) is 42.5 Å². The summed E-state index contributed by atoms with van der Waals surface area (Å²) >= 11 is 0. The molecule has 2 aromatic rings. The lowest BCUT2D eigenvalue weighted by Crippen LogP contribution is -2.09. The lowest BCUT2D eigenvalue weighted by Gasteiger charge is -2.13. The van der Waals surface area contributed by atoms with E-state index in [0.29, 0.717) is 11.6 Å². The van der Waals surface area contributed by atoms with Gasteiger partial charge in [-0.15, -0.1) is 0 Å². The van der Waals surface area contributed by atoms with Gasteiger partial charge in [-0.3, -0.25) is 10.1 Å². The number of nitro groups is 1. The number of hydrogen-bond acceptors (Lipinski definition) is 3. The van der Waals surface area contributed by atoms with Gasteiger partial charge in [-0.25, -0.2) is 0 Å². The van der Waals surface area contributed by atoms with Crippen LogP contribution in [0.25, 0.3) is 0 Å². The highest BCUT2D eigenvalue weighted by molar-refractivity contribution is 5.45. The maximum atomic E-state index is 13.0. The fraction of sp³-hybridized carbons (Fsp3) is 0.200. The SMILES string of the molecule is Cc1ccc(COc2ccc([N+](=O)[O-])cc2C(F)(F)F)cc1. The van der Waals surface area contributed by atoms with E-state index in [1.165, 1.54) is 0 Å². The highest BCUT2D eigenvalue weighted by Crippen LogP contribution is 2.38. The first-order valence-corrected chi connectivity index (χ1v) is 6.31. The maximum absolute atomic E-state index is 13.0. The van der Waals surface area contributed by atoms with Crippen LogP contribution in [-0.4, -0.2) is 4.92 Å². The number of aryl methyl sites for hydroxylation is 1. The Morgan fingerprint density at radius 1 is 1.14 bits per heavy atom. The number of halogens is 3. The summed E-state index contributed by atoms with van der Waals surface area (Å²) in [5, 5.41) is 10.6. The van der Waals surface area contributed by atoms with Crippen LogP contribution >= 0.6 is 0 Å². The molecule has 0 saturated carbocycles. The molecule has 0 atom stereocenters. The minimum atomic E-state index is -4.73. The van der Waals surface area contributed by atoms with Gasteiger partial charge in [-0.2, -0.15) is 13.2 Å². The molecule has 0 spiro atoms. The Morgan fingerprint density at radius 3 is 2.32 bits per heavy atom. The fourth-order valence-corrected chi connectivity index (χ4v) is 1.82. The Hall–Kier alpha value is -2.57. The highest BCUT2D eigenvalue weighted by Gasteiger charge is 2.36. The molecule has 0 fully saturated rings. The molecule has 0 amide bonds. The molecule has 2 rings (SSSR count). The van der Waals surface area contributed by atoms with Gasteiger partial charge in [0.2, 0.25) is 0 Å². The maximum Gasteiger partial charge on any atom is 0.420 e. The lowest BCUT2D eigenvalue weighted by atomic mass is 10.1. The first kappa shape index (κ1) is 15.8. The van der Waals surface area contributed by atoms with Crippen molar-refractivity contribution in [3.63, 3.8) is 0 Å². The van der Waals surface area contributed by atoms with Crippen LogP contribution in [0, 0.1) is 17.0 Å². The van der Waals surface area contributed by atoms with Crippen molar-refractivity contribution in [1.29, 1.82) is 0 Å². The molecule has 0 unspecified atom stereocenters. The van der Waals surface area contributed by atoms with Gasteiger partial charge in [0.15, 0.2) is 0 Å². The molecule has 0 aromatic heterocycles. The molecule has 116 valence electrons. The largest absolute Gasteiger partial charge is 0.488 e. The number of hydrogen-bond donors (Lipinski definition) is 0. The Balaban J connectivity index is 2.26. The predicted molar refractivity (Wildman–Crippen MR) is 73.6 cm³/mol. The van der Waals surface area contributed by atoms with Gasteiger partial charge in [0.05, 0.1) is 4.92 Å². The summed E-state index contributed by atoms with van der Waals surface area (Å²) in [4.78, 5) is 9.72. The Kier molecular flexibility index (Phi) is 4.35. The molecule has 0 aliphatic carbocycles. The van der Waals surface area contributed by atoms with E-state index in [1.54, 1.807) is 12.1 Å². The summed E-state index contributed by atoms with van der Waals surface area (Å²) in [5.41, 5.74) is -0.0593. The summed E-state index contributed by atoms with van der Waals surface area (Å²) < 4.78 is 44.1. The van der Waals surface area contributed by atoms with Crippen molar-refractivity contribution in [3.8, 4) is 5.75 Å². The zero-order chi connectivity index (χ0) is 16.3. The zero-order valence-electron chi connectivity index (χ0n) is 11.6. The molecule has 4 nitrogen and oxygen atoms in total. The van der Waals surface area contributed by atoms with E-state index in [4.69, 9.17) is 4.74 Å². The number of non-ortho nitro benzene ring substituents is 1. The van der Waals surface area contributed by atoms with E-state index in [9.17, 15) is 23.3 Å². The Labute approximate surface area is 124 Å².